The second-order valence-electron chi connectivity index (χ2n) is 8.19. The first-order chi connectivity index (χ1) is 14.8. The number of methoxy groups -OCH3 is 2. The van der Waals surface area contributed by atoms with E-state index in [4.69, 9.17) is 24.9 Å². The lowest BCUT2D eigenvalue weighted by Crippen LogP contribution is -2.11. The maximum Gasteiger partial charge on any atom is 0.225 e. The van der Waals surface area contributed by atoms with Gasteiger partial charge in [-0.1, -0.05) is 33.8 Å². The number of rotatable bonds is 8. The van der Waals surface area contributed by atoms with Gasteiger partial charge in [-0.2, -0.15) is 5.90 Å². The maximum absolute atomic E-state index is 5.96. The van der Waals surface area contributed by atoms with Crippen LogP contribution in [0.5, 0.6) is 17.4 Å². The fourth-order valence-electron chi connectivity index (χ4n) is 3.14. The molecule has 0 aliphatic rings. The monoisotopic (exact) mass is 443 g/mol. The summed E-state index contributed by atoms with van der Waals surface area (Å²) < 4.78 is 16.7. The molecule has 0 fully saturated rings. The van der Waals surface area contributed by atoms with Gasteiger partial charge in [-0.15, -0.1) is 11.3 Å². The Hall–Kier alpha value is -2.84. The average Bonchev–Trinajstić information content (AvgIpc) is 3.21. The molecule has 2 N–H and O–H groups in total. The molecule has 0 aliphatic heterocycles. The Labute approximate surface area is 186 Å². The molecule has 0 saturated heterocycles. The van der Waals surface area contributed by atoms with E-state index in [0.29, 0.717) is 11.6 Å². The van der Waals surface area contributed by atoms with E-state index in [1.165, 1.54) is 11.2 Å². The van der Waals surface area contributed by atoms with Crippen LogP contribution in [0.1, 0.15) is 44.1 Å². The van der Waals surface area contributed by atoms with Crippen molar-refractivity contribution in [2.24, 2.45) is 5.90 Å². The van der Waals surface area contributed by atoms with Crippen molar-refractivity contribution in [3.8, 4) is 17.4 Å². The minimum absolute atomic E-state index is 0.0259. The zero-order valence-electron chi connectivity index (χ0n) is 18.8. The predicted octanol–water partition coefficient (Wildman–Crippen LogP) is 4.96. The van der Waals surface area contributed by atoms with E-state index in [0.717, 1.165) is 27.3 Å². The van der Waals surface area contributed by atoms with Crippen LogP contribution in [-0.2, 0) is 10.3 Å². The molecule has 7 nitrogen and oxygen atoms in total. The molecule has 0 amide bonds. The Kier molecular flexibility index (Phi) is 7.02. The number of aromatic nitrogens is 2. The molecule has 3 rings (SSSR count). The van der Waals surface area contributed by atoms with Gasteiger partial charge in [0.25, 0.3) is 0 Å². The van der Waals surface area contributed by atoms with Crippen LogP contribution in [0.3, 0.4) is 0 Å². The summed E-state index contributed by atoms with van der Waals surface area (Å²) in [5.74, 6) is 7.95. The molecule has 3 aromatic rings. The topological polar surface area (TPSA) is 88.7 Å². The van der Waals surface area contributed by atoms with Crippen LogP contribution < -0.4 is 20.1 Å². The molecule has 2 aromatic heterocycles. The van der Waals surface area contributed by atoms with Crippen LogP contribution in [0.2, 0.25) is 0 Å². The highest BCUT2D eigenvalue weighted by molar-refractivity contribution is 7.18. The van der Waals surface area contributed by atoms with E-state index in [-0.39, 0.29) is 17.9 Å². The highest BCUT2D eigenvalue weighted by atomic mass is 32.1. The Morgan fingerprint density at radius 1 is 1.16 bits per heavy atom. The minimum atomic E-state index is -0.0259. The first kappa shape index (κ1) is 22.8. The molecule has 0 radical (unpaired) electrons. The smallest absolute Gasteiger partial charge is 0.225 e. The lowest BCUT2D eigenvalue weighted by molar-refractivity contribution is 0.170. The molecule has 0 aliphatic carbocycles. The number of hydrogen-bond acceptors (Lipinski definition) is 8. The van der Waals surface area contributed by atoms with Gasteiger partial charge in [0.05, 0.1) is 19.6 Å². The van der Waals surface area contributed by atoms with Gasteiger partial charge in [-0.05, 0) is 23.6 Å². The molecular formula is C23H29N3O4S. The molecule has 8 heteroatoms. The number of allylic oxidation sites excluding steroid dienone is 1. The fourth-order valence-corrected chi connectivity index (χ4v) is 4.19. The molecule has 1 atom stereocenters. The van der Waals surface area contributed by atoms with Crippen molar-refractivity contribution in [3.63, 3.8) is 0 Å². The Morgan fingerprint density at radius 3 is 2.58 bits per heavy atom. The number of ether oxygens (including phenoxy) is 3. The number of hydrogen-bond donors (Lipinski definition) is 1. The molecule has 2 heterocycles. The summed E-state index contributed by atoms with van der Waals surface area (Å²) in [6, 6.07) is 7.79. The zero-order chi connectivity index (χ0) is 22.6. The predicted molar refractivity (Wildman–Crippen MR) is 123 cm³/mol. The van der Waals surface area contributed by atoms with Gasteiger partial charge in [0.2, 0.25) is 5.88 Å². The first-order valence-electron chi connectivity index (χ1n) is 9.94. The standard InChI is InChI=1S/C23H29N3O4S/c1-14(17-8-7-15(27-5)10-19(17)28-6)9-16(30-24)12-29-21-18-11-20(23(2,3)4)31-22(18)26-13-25-21/h7-11,13-14H,12,24H2,1-6H3/b16-9-. The van der Waals surface area contributed by atoms with Crippen LogP contribution >= 0.6 is 11.3 Å². The van der Waals surface area contributed by atoms with Crippen molar-refractivity contribution < 1.29 is 19.0 Å². The largest absolute Gasteiger partial charge is 0.497 e. The third-order valence-corrected chi connectivity index (χ3v) is 6.37. The van der Waals surface area contributed by atoms with Crippen molar-refractivity contribution in [2.45, 2.75) is 39.0 Å². The molecule has 0 bridgehead atoms. The summed E-state index contributed by atoms with van der Waals surface area (Å²) in [6.45, 7) is 8.68. The molecule has 31 heavy (non-hydrogen) atoms. The summed E-state index contributed by atoms with van der Waals surface area (Å²) in [5.41, 5.74) is 1.01. The highest BCUT2D eigenvalue weighted by Crippen LogP contribution is 2.36. The molecular weight excluding hydrogens is 414 g/mol. The van der Waals surface area contributed by atoms with Gasteiger partial charge in [-0.25, -0.2) is 9.97 Å². The third-order valence-electron chi connectivity index (χ3n) is 4.90. The highest BCUT2D eigenvalue weighted by Gasteiger charge is 2.20. The Morgan fingerprint density at radius 2 is 1.94 bits per heavy atom. The van der Waals surface area contributed by atoms with Crippen LogP contribution in [0.25, 0.3) is 10.2 Å². The van der Waals surface area contributed by atoms with Crippen molar-refractivity contribution in [2.75, 3.05) is 20.8 Å². The van der Waals surface area contributed by atoms with Crippen LogP contribution in [-0.4, -0.2) is 30.8 Å². The second-order valence-corrected chi connectivity index (χ2v) is 9.23. The van der Waals surface area contributed by atoms with Gasteiger partial charge in [0, 0.05) is 22.4 Å². The first-order valence-corrected chi connectivity index (χ1v) is 10.8. The van der Waals surface area contributed by atoms with Crippen molar-refractivity contribution in [3.05, 3.63) is 52.9 Å². The lowest BCUT2D eigenvalue weighted by Gasteiger charge is -2.15. The quantitative estimate of drug-likeness (QED) is 0.389. The number of fused-ring (bicyclic) bond motifs is 1. The van der Waals surface area contributed by atoms with Crippen molar-refractivity contribution >= 4 is 21.6 Å². The maximum atomic E-state index is 5.96. The molecule has 1 unspecified atom stereocenters. The van der Waals surface area contributed by atoms with Gasteiger partial charge >= 0.3 is 0 Å². The van der Waals surface area contributed by atoms with E-state index >= 15 is 0 Å². The minimum Gasteiger partial charge on any atom is -0.497 e. The van der Waals surface area contributed by atoms with E-state index in [9.17, 15) is 0 Å². The normalized spacial score (nSPS) is 13.2. The zero-order valence-corrected chi connectivity index (χ0v) is 19.6. The molecule has 166 valence electrons. The summed E-state index contributed by atoms with van der Waals surface area (Å²) in [6.07, 6.45) is 3.41. The summed E-state index contributed by atoms with van der Waals surface area (Å²) in [7, 11) is 3.25. The van der Waals surface area contributed by atoms with E-state index < -0.39 is 0 Å². The Bertz CT molecular complexity index is 1070. The Balaban J connectivity index is 1.80. The van der Waals surface area contributed by atoms with Crippen molar-refractivity contribution in [1.29, 1.82) is 0 Å². The van der Waals surface area contributed by atoms with Crippen molar-refractivity contribution in [1.82, 2.24) is 9.97 Å². The van der Waals surface area contributed by atoms with Gasteiger partial charge in [-0.3, -0.25) is 0 Å². The summed E-state index contributed by atoms with van der Waals surface area (Å²) in [5, 5.41) is 0.888. The third kappa shape index (κ3) is 5.26. The second kappa shape index (κ2) is 9.53. The number of nitrogens with zero attached hydrogens (tertiary/aromatic N) is 2. The van der Waals surface area contributed by atoms with Gasteiger partial charge in [0.1, 0.15) is 29.3 Å². The van der Waals surface area contributed by atoms with Gasteiger partial charge < -0.3 is 19.0 Å². The number of benzene rings is 1. The lowest BCUT2D eigenvalue weighted by atomic mass is 9.94. The van der Waals surface area contributed by atoms with E-state index in [1.807, 2.05) is 31.2 Å². The molecule has 0 saturated carbocycles. The van der Waals surface area contributed by atoms with Gasteiger partial charge in [0.15, 0.2) is 5.76 Å². The number of thiophene rings is 1. The van der Waals surface area contributed by atoms with E-state index in [2.05, 4.69) is 36.8 Å². The molecule has 0 spiro atoms. The fraction of sp³-hybridized carbons (Fsp3) is 0.391. The van der Waals surface area contributed by atoms with Crippen LogP contribution in [0.15, 0.2) is 42.4 Å². The summed E-state index contributed by atoms with van der Waals surface area (Å²) in [4.78, 5) is 15.9. The average molecular weight is 444 g/mol. The number of nitrogens with two attached hydrogens (primary N) is 1. The SMILES string of the molecule is COc1ccc(C(C)/C=C(/COc2ncnc3sc(C(C)(C)C)cc23)ON)c(OC)c1. The molecule has 1 aromatic carbocycles. The van der Waals surface area contributed by atoms with Crippen LogP contribution in [0, 0.1) is 0 Å². The summed E-state index contributed by atoms with van der Waals surface area (Å²) >= 11 is 1.65. The van der Waals surface area contributed by atoms with E-state index in [1.54, 1.807) is 25.6 Å². The van der Waals surface area contributed by atoms with Crippen LogP contribution in [0.4, 0.5) is 0 Å².